The fourth-order valence-electron chi connectivity index (χ4n) is 3.64. The van der Waals surface area contributed by atoms with E-state index < -0.39 is 11.7 Å². The third-order valence-corrected chi connectivity index (χ3v) is 6.51. The molecule has 0 bridgehead atoms. The molecular formula is C27H25F3N4O2S. The molecule has 0 aliphatic rings. The first-order chi connectivity index (χ1) is 17.8. The molecule has 37 heavy (non-hydrogen) atoms. The summed E-state index contributed by atoms with van der Waals surface area (Å²) < 4.78 is 46.9. The van der Waals surface area contributed by atoms with Gasteiger partial charge in [0.1, 0.15) is 5.82 Å². The van der Waals surface area contributed by atoms with Gasteiger partial charge in [-0.2, -0.15) is 13.2 Å². The van der Waals surface area contributed by atoms with Crippen molar-refractivity contribution in [1.29, 1.82) is 0 Å². The van der Waals surface area contributed by atoms with Crippen LogP contribution in [0.3, 0.4) is 0 Å². The van der Waals surface area contributed by atoms with Crippen LogP contribution in [0.15, 0.2) is 84.0 Å². The van der Waals surface area contributed by atoms with E-state index in [0.717, 1.165) is 23.3 Å². The third kappa shape index (κ3) is 6.99. The Labute approximate surface area is 216 Å². The summed E-state index contributed by atoms with van der Waals surface area (Å²) in [5.74, 6) is 0.843. The zero-order chi connectivity index (χ0) is 26.3. The van der Waals surface area contributed by atoms with Gasteiger partial charge in [-0.25, -0.2) is 0 Å². The van der Waals surface area contributed by atoms with Crippen molar-refractivity contribution in [1.82, 2.24) is 20.1 Å². The summed E-state index contributed by atoms with van der Waals surface area (Å²) in [6.07, 6.45) is -4.05. The molecule has 0 spiro atoms. The number of amides is 1. The fraction of sp³-hybridized carbons (Fsp3) is 0.222. The standard InChI is InChI=1S/C27H25F3N4O2S/c1-36-15-14-31-25(35)21-12-10-20(11-13-21)18-37-26-33-32-24(16-19-6-3-2-4-7-19)34(26)23-9-5-8-22(17-23)27(28,29)30/h2-13,17H,14-16,18H2,1H3,(H,31,35). The third-order valence-electron chi connectivity index (χ3n) is 5.51. The van der Waals surface area contributed by atoms with Crippen LogP contribution in [0.2, 0.25) is 0 Å². The van der Waals surface area contributed by atoms with Gasteiger partial charge in [-0.15, -0.1) is 10.2 Å². The predicted molar refractivity (Wildman–Crippen MR) is 136 cm³/mol. The van der Waals surface area contributed by atoms with E-state index in [1.165, 1.54) is 17.8 Å². The number of hydrogen-bond acceptors (Lipinski definition) is 5. The molecule has 4 rings (SSSR count). The van der Waals surface area contributed by atoms with Crippen molar-refractivity contribution < 1.29 is 22.7 Å². The van der Waals surface area contributed by atoms with E-state index in [2.05, 4.69) is 15.5 Å². The SMILES string of the molecule is COCCNC(=O)c1ccc(CSc2nnc(Cc3ccccc3)n2-c2cccc(C(F)(F)F)c2)cc1. The normalized spacial score (nSPS) is 11.5. The van der Waals surface area contributed by atoms with Gasteiger partial charge < -0.3 is 10.1 Å². The molecule has 0 radical (unpaired) electrons. The first-order valence-electron chi connectivity index (χ1n) is 11.5. The molecule has 0 aliphatic carbocycles. The molecule has 4 aromatic rings. The van der Waals surface area contributed by atoms with Gasteiger partial charge in [-0.05, 0) is 41.5 Å². The molecule has 0 saturated carbocycles. The van der Waals surface area contributed by atoms with Crippen molar-refractivity contribution in [3.8, 4) is 5.69 Å². The Bertz CT molecular complexity index is 1330. The number of thioether (sulfide) groups is 1. The van der Waals surface area contributed by atoms with Crippen molar-refractivity contribution in [2.24, 2.45) is 0 Å². The minimum absolute atomic E-state index is 0.189. The highest BCUT2D eigenvalue weighted by atomic mass is 32.2. The number of hydrogen-bond donors (Lipinski definition) is 1. The lowest BCUT2D eigenvalue weighted by atomic mass is 10.1. The van der Waals surface area contributed by atoms with Crippen LogP contribution in [0.1, 0.15) is 32.9 Å². The molecule has 1 N–H and O–H groups in total. The van der Waals surface area contributed by atoms with E-state index in [-0.39, 0.29) is 5.91 Å². The van der Waals surface area contributed by atoms with Gasteiger partial charge >= 0.3 is 6.18 Å². The molecule has 0 saturated heterocycles. The van der Waals surface area contributed by atoms with E-state index in [1.807, 2.05) is 42.5 Å². The first-order valence-corrected chi connectivity index (χ1v) is 12.5. The Hall–Kier alpha value is -3.63. The number of nitrogens with one attached hydrogen (secondary N) is 1. The number of ether oxygens (including phenoxy) is 1. The highest BCUT2D eigenvalue weighted by Gasteiger charge is 2.31. The minimum Gasteiger partial charge on any atom is -0.383 e. The molecule has 192 valence electrons. The number of carbonyl (C=O) groups is 1. The zero-order valence-electron chi connectivity index (χ0n) is 20.0. The average molecular weight is 527 g/mol. The lowest BCUT2D eigenvalue weighted by Gasteiger charge is -2.13. The zero-order valence-corrected chi connectivity index (χ0v) is 20.9. The molecule has 0 unspecified atom stereocenters. The largest absolute Gasteiger partial charge is 0.416 e. The minimum atomic E-state index is -4.46. The Morgan fingerprint density at radius 1 is 0.973 bits per heavy atom. The molecule has 6 nitrogen and oxygen atoms in total. The van der Waals surface area contributed by atoms with Gasteiger partial charge in [0.05, 0.1) is 17.9 Å². The Morgan fingerprint density at radius 3 is 2.43 bits per heavy atom. The topological polar surface area (TPSA) is 69.0 Å². The van der Waals surface area contributed by atoms with Crippen LogP contribution in [-0.2, 0) is 23.1 Å². The van der Waals surface area contributed by atoms with Crippen molar-refractivity contribution in [3.05, 3.63) is 107 Å². The van der Waals surface area contributed by atoms with Crippen LogP contribution >= 0.6 is 11.8 Å². The molecule has 3 aromatic carbocycles. The maximum Gasteiger partial charge on any atom is 0.416 e. The second-order valence-electron chi connectivity index (χ2n) is 8.18. The summed E-state index contributed by atoms with van der Waals surface area (Å²) in [5, 5.41) is 11.9. The van der Waals surface area contributed by atoms with Gasteiger partial charge in [-0.3, -0.25) is 9.36 Å². The van der Waals surface area contributed by atoms with Crippen molar-refractivity contribution in [3.63, 3.8) is 0 Å². The Balaban J connectivity index is 1.56. The number of halogens is 3. The second-order valence-corrected chi connectivity index (χ2v) is 9.12. The smallest absolute Gasteiger partial charge is 0.383 e. The number of carbonyl (C=O) groups excluding carboxylic acids is 1. The van der Waals surface area contributed by atoms with E-state index in [9.17, 15) is 18.0 Å². The van der Waals surface area contributed by atoms with Gasteiger partial charge in [0.2, 0.25) is 0 Å². The lowest BCUT2D eigenvalue weighted by Crippen LogP contribution is -2.26. The molecule has 1 aromatic heterocycles. The van der Waals surface area contributed by atoms with Gasteiger partial charge in [-0.1, -0.05) is 60.3 Å². The summed E-state index contributed by atoms with van der Waals surface area (Å²) in [5.41, 5.74) is 2.04. The van der Waals surface area contributed by atoms with Crippen LogP contribution in [0.5, 0.6) is 0 Å². The van der Waals surface area contributed by atoms with E-state index in [0.29, 0.717) is 47.6 Å². The molecular weight excluding hydrogens is 501 g/mol. The van der Waals surface area contributed by atoms with Crippen molar-refractivity contribution in [2.45, 2.75) is 23.5 Å². The first kappa shape index (κ1) is 26.4. The number of aromatic nitrogens is 3. The van der Waals surface area contributed by atoms with E-state index in [1.54, 1.807) is 29.9 Å². The Morgan fingerprint density at radius 2 is 1.73 bits per heavy atom. The average Bonchev–Trinajstić information content (AvgIpc) is 3.30. The summed E-state index contributed by atoms with van der Waals surface area (Å²) in [6.45, 7) is 0.850. The maximum atomic E-state index is 13.4. The molecule has 1 amide bonds. The highest BCUT2D eigenvalue weighted by Crippen LogP contribution is 2.32. The van der Waals surface area contributed by atoms with Crippen LogP contribution in [0.4, 0.5) is 13.2 Å². The van der Waals surface area contributed by atoms with Gasteiger partial charge in [0, 0.05) is 31.4 Å². The lowest BCUT2D eigenvalue weighted by molar-refractivity contribution is -0.137. The van der Waals surface area contributed by atoms with Gasteiger partial charge in [0.15, 0.2) is 5.16 Å². The molecule has 1 heterocycles. The number of benzene rings is 3. The number of rotatable bonds is 10. The van der Waals surface area contributed by atoms with E-state index in [4.69, 9.17) is 4.74 Å². The molecule has 10 heteroatoms. The van der Waals surface area contributed by atoms with Crippen LogP contribution in [0, 0.1) is 0 Å². The second kappa shape index (κ2) is 12.1. The summed E-state index contributed by atoms with van der Waals surface area (Å²) in [7, 11) is 1.57. The monoisotopic (exact) mass is 526 g/mol. The quantitative estimate of drug-likeness (QED) is 0.217. The number of nitrogens with zero attached hydrogens (tertiary/aromatic N) is 3. The molecule has 0 aliphatic heterocycles. The van der Waals surface area contributed by atoms with Crippen LogP contribution in [-0.4, -0.2) is 40.9 Å². The summed E-state index contributed by atoms with van der Waals surface area (Å²) >= 11 is 1.36. The maximum absolute atomic E-state index is 13.4. The van der Waals surface area contributed by atoms with Crippen LogP contribution < -0.4 is 5.32 Å². The van der Waals surface area contributed by atoms with Crippen LogP contribution in [0.25, 0.3) is 5.69 Å². The Kier molecular flexibility index (Phi) is 8.62. The van der Waals surface area contributed by atoms with Crippen molar-refractivity contribution in [2.75, 3.05) is 20.3 Å². The van der Waals surface area contributed by atoms with Crippen molar-refractivity contribution >= 4 is 17.7 Å². The van der Waals surface area contributed by atoms with Gasteiger partial charge in [0.25, 0.3) is 5.91 Å². The number of methoxy groups -OCH3 is 1. The number of alkyl halides is 3. The fourth-order valence-corrected chi connectivity index (χ4v) is 4.56. The summed E-state index contributed by atoms with van der Waals surface area (Å²) in [6, 6.07) is 21.9. The molecule has 0 atom stereocenters. The molecule has 0 fully saturated rings. The van der Waals surface area contributed by atoms with E-state index >= 15 is 0 Å². The summed E-state index contributed by atoms with van der Waals surface area (Å²) in [4.78, 5) is 12.2. The predicted octanol–water partition coefficient (Wildman–Crippen LogP) is 5.55. The highest BCUT2D eigenvalue weighted by molar-refractivity contribution is 7.98.